The maximum atomic E-state index is 5.20. The van der Waals surface area contributed by atoms with E-state index >= 15 is 0 Å². The molecule has 1 aromatic heterocycles. The van der Waals surface area contributed by atoms with Crippen molar-refractivity contribution < 1.29 is 0 Å². The quantitative estimate of drug-likeness (QED) is 0.397. The van der Waals surface area contributed by atoms with E-state index in [0.29, 0.717) is 0 Å². The molecule has 0 radical (unpaired) electrons. The van der Waals surface area contributed by atoms with E-state index in [1.54, 1.807) is 12.4 Å². The zero-order chi connectivity index (χ0) is 11.1. The largest absolute Gasteiger partial charge is 0.384 e. The van der Waals surface area contributed by atoms with E-state index in [1.165, 1.54) is 0 Å². The Labute approximate surface area is 93.8 Å². The minimum atomic E-state index is 0.135. The van der Waals surface area contributed by atoms with Crippen LogP contribution >= 0.6 is 12.2 Å². The maximum absolute atomic E-state index is 5.20. The van der Waals surface area contributed by atoms with E-state index in [0.717, 1.165) is 17.9 Å². The van der Waals surface area contributed by atoms with E-state index in [-0.39, 0.29) is 5.11 Å². The number of thiocarbonyl (C=S) groups is 1. The molecule has 0 atom stereocenters. The normalized spacial score (nSPS) is 10.2. The third-order valence-corrected chi connectivity index (χ3v) is 1.63. The maximum Gasteiger partial charge on any atom is 0.184 e. The molecule has 1 heterocycles. The molecule has 0 amide bonds. The van der Waals surface area contributed by atoms with Gasteiger partial charge >= 0.3 is 0 Å². The van der Waals surface area contributed by atoms with Crippen LogP contribution in [0.3, 0.4) is 0 Å². The van der Waals surface area contributed by atoms with E-state index in [1.807, 2.05) is 19.1 Å². The van der Waals surface area contributed by atoms with Crippen molar-refractivity contribution in [3.8, 4) is 0 Å². The summed E-state index contributed by atoms with van der Waals surface area (Å²) in [6, 6.07) is 3.78. The smallest absolute Gasteiger partial charge is 0.184 e. The highest BCUT2D eigenvalue weighted by atomic mass is 32.1. The molecule has 5 nitrogen and oxygen atoms in total. The Morgan fingerprint density at radius 1 is 1.67 bits per heavy atom. The highest BCUT2D eigenvalue weighted by molar-refractivity contribution is 7.80. The Morgan fingerprint density at radius 2 is 2.47 bits per heavy atom. The van der Waals surface area contributed by atoms with Gasteiger partial charge in [0.05, 0.1) is 23.8 Å². The van der Waals surface area contributed by atoms with Crippen LogP contribution in [0.5, 0.6) is 0 Å². The summed E-state index contributed by atoms with van der Waals surface area (Å²) in [6.45, 7) is 2.90. The topological polar surface area (TPSA) is 75.3 Å². The van der Waals surface area contributed by atoms with Crippen LogP contribution in [0, 0.1) is 0 Å². The lowest BCUT2D eigenvalue weighted by atomic mass is 10.3. The number of aromatic nitrogens is 1. The Balaban J connectivity index is 2.56. The second kappa shape index (κ2) is 5.92. The Bertz CT molecular complexity index is 346. The Morgan fingerprint density at radius 3 is 3.00 bits per heavy atom. The molecule has 0 aromatic carbocycles. The monoisotopic (exact) mass is 223 g/mol. The molecule has 0 fully saturated rings. The summed E-state index contributed by atoms with van der Waals surface area (Å²) < 4.78 is 0. The van der Waals surface area contributed by atoms with Crippen molar-refractivity contribution in [2.45, 2.75) is 6.92 Å². The summed E-state index contributed by atoms with van der Waals surface area (Å²) in [5.41, 5.74) is 9.37. The van der Waals surface area contributed by atoms with Crippen molar-refractivity contribution >= 4 is 29.2 Å². The van der Waals surface area contributed by atoms with Gasteiger partial charge in [-0.15, -0.1) is 0 Å². The summed E-state index contributed by atoms with van der Waals surface area (Å²) in [5, 5.41) is 7.07. The lowest BCUT2D eigenvalue weighted by Gasteiger charge is -2.01. The summed E-state index contributed by atoms with van der Waals surface area (Å²) in [6.07, 6.45) is 3.29. The van der Waals surface area contributed by atoms with Gasteiger partial charge in [0.1, 0.15) is 0 Å². The third-order valence-electron chi connectivity index (χ3n) is 1.54. The first-order valence-electron chi connectivity index (χ1n) is 4.51. The summed E-state index contributed by atoms with van der Waals surface area (Å²) in [7, 11) is 0. The average Bonchev–Trinajstić information content (AvgIpc) is 2.20. The lowest BCUT2D eigenvalue weighted by Crippen LogP contribution is -2.24. The highest BCUT2D eigenvalue weighted by Gasteiger charge is 1.91. The fourth-order valence-corrected chi connectivity index (χ4v) is 1.01. The standard InChI is InChI=1S/C9H13N5S/c1-2-11-7-3-4-8(12-5-7)6-13-14-9(10)15/h3-6,11H,2H2,1H3,(H3,10,14,15)/b13-6+. The van der Waals surface area contributed by atoms with Crippen molar-refractivity contribution in [2.24, 2.45) is 10.8 Å². The third kappa shape index (κ3) is 4.37. The van der Waals surface area contributed by atoms with Crippen molar-refractivity contribution in [3.63, 3.8) is 0 Å². The van der Waals surface area contributed by atoms with Gasteiger partial charge in [-0.1, -0.05) is 0 Å². The van der Waals surface area contributed by atoms with Crippen molar-refractivity contribution in [2.75, 3.05) is 11.9 Å². The number of pyridine rings is 1. The molecule has 0 spiro atoms. The number of nitrogens with two attached hydrogens (primary N) is 1. The van der Waals surface area contributed by atoms with Gasteiger partial charge in [0.2, 0.25) is 0 Å². The molecule has 1 aromatic rings. The molecule has 15 heavy (non-hydrogen) atoms. The van der Waals surface area contributed by atoms with Crippen LogP contribution in [0.15, 0.2) is 23.4 Å². The van der Waals surface area contributed by atoms with Crippen molar-refractivity contribution in [1.29, 1.82) is 0 Å². The molecular weight excluding hydrogens is 210 g/mol. The van der Waals surface area contributed by atoms with Gasteiger partial charge in [0.25, 0.3) is 0 Å². The second-order valence-corrected chi connectivity index (χ2v) is 3.18. The van der Waals surface area contributed by atoms with Gasteiger partial charge in [0.15, 0.2) is 5.11 Å². The fraction of sp³-hybridized carbons (Fsp3) is 0.222. The molecule has 6 heteroatoms. The van der Waals surface area contributed by atoms with Crippen molar-refractivity contribution in [1.82, 2.24) is 10.4 Å². The molecule has 0 saturated heterocycles. The molecule has 0 aliphatic heterocycles. The van der Waals surface area contributed by atoms with Crippen LogP contribution in [-0.2, 0) is 0 Å². The fourth-order valence-electron chi connectivity index (χ4n) is 0.952. The molecule has 0 unspecified atom stereocenters. The molecule has 0 aliphatic rings. The number of hydrogen-bond acceptors (Lipinski definition) is 4. The van der Waals surface area contributed by atoms with Gasteiger partial charge in [-0.2, -0.15) is 5.10 Å². The molecule has 0 saturated carbocycles. The lowest BCUT2D eigenvalue weighted by molar-refractivity contribution is 1.04. The number of anilines is 1. The summed E-state index contributed by atoms with van der Waals surface area (Å²) >= 11 is 4.59. The molecule has 4 N–H and O–H groups in total. The first-order chi connectivity index (χ1) is 7.22. The number of hydrazone groups is 1. The van der Waals surface area contributed by atoms with Gasteiger partial charge in [0, 0.05) is 6.54 Å². The van der Waals surface area contributed by atoms with Crippen LogP contribution in [-0.4, -0.2) is 22.9 Å². The number of hydrogen-bond donors (Lipinski definition) is 3. The predicted octanol–water partition coefficient (Wildman–Crippen LogP) is 0.681. The summed E-state index contributed by atoms with van der Waals surface area (Å²) in [4.78, 5) is 4.16. The van der Waals surface area contributed by atoms with E-state index in [2.05, 4.69) is 33.0 Å². The average molecular weight is 223 g/mol. The van der Waals surface area contributed by atoms with Crippen LogP contribution < -0.4 is 16.5 Å². The Hall–Kier alpha value is -1.69. The zero-order valence-electron chi connectivity index (χ0n) is 8.40. The van der Waals surface area contributed by atoms with Gasteiger partial charge < -0.3 is 11.1 Å². The second-order valence-electron chi connectivity index (χ2n) is 2.74. The Kier molecular flexibility index (Phi) is 4.49. The number of nitrogens with zero attached hydrogens (tertiary/aromatic N) is 2. The highest BCUT2D eigenvalue weighted by Crippen LogP contribution is 2.03. The minimum Gasteiger partial charge on any atom is -0.384 e. The van der Waals surface area contributed by atoms with Gasteiger partial charge in [-0.25, -0.2) is 0 Å². The number of nitrogens with one attached hydrogen (secondary N) is 2. The summed E-state index contributed by atoms with van der Waals surface area (Å²) in [5.74, 6) is 0. The van der Waals surface area contributed by atoms with Crippen LogP contribution in [0.25, 0.3) is 0 Å². The van der Waals surface area contributed by atoms with Crippen LogP contribution in [0.4, 0.5) is 5.69 Å². The van der Waals surface area contributed by atoms with Gasteiger partial charge in [-0.05, 0) is 31.3 Å². The van der Waals surface area contributed by atoms with Crippen LogP contribution in [0.1, 0.15) is 12.6 Å². The van der Waals surface area contributed by atoms with Crippen molar-refractivity contribution in [3.05, 3.63) is 24.0 Å². The molecule has 0 aliphatic carbocycles. The van der Waals surface area contributed by atoms with Gasteiger partial charge in [-0.3, -0.25) is 10.4 Å². The number of rotatable bonds is 4. The minimum absolute atomic E-state index is 0.135. The van der Waals surface area contributed by atoms with Crippen LogP contribution in [0.2, 0.25) is 0 Å². The molecular formula is C9H13N5S. The first kappa shape index (κ1) is 11.4. The molecule has 0 bridgehead atoms. The molecule has 1 rings (SSSR count). The SMILES string of the molecule is CCNc1ccc(/C=N/NC(N)=S)nc1. The predicted molar refractivity (Wildman–Crippen MR) is 65.9 cm³/mol. The first-order valence-corrected chi connectivity index (χ1v) is 4.91. The zero-order valence-corrected chi connectivity index (χ0v) is 9.21. The van der Waals surface area contributed by atoms with E-state index in [9.17, 15) is 0 Å². The van der Waals surface area contributed by atoms with E-state index < -0.39 is 0 Å². The molecule has 80 valence electrons. The van der Waals surface area contributed by atoms with E-state index in [4.69, 9.17) is 5.73 Å².